The monoisotopic (exact) mass is 394 g/mol. The van der Waals surface area contributed by atoms with E-state index in [2.05, 4.69) is 9.72 Å². The molecule has 0 bridgehead atoms. The number of aromatic nitrogens is 1. The summed E-state index contributed by atoms with van der Waals surface area (Å²) >= 11 is 0. The Morgan fingerprint density at radius 3 is 2.75 bits per heavy atom. The summed E-state index contributed by atoms with van der Waals surface area (Å²) in [4.78, 5) is 18.4. The van der Waals surface area contributed by atoms with Gasteiger partial charge in [-0.05, 0) is 38.1 Å². The number of pyridine rings is 1. The van der Waals surface area contributed by atoms with Gasteiger partial charge in [0.05, 0.1) is 6.04 Å². The first-order chi connectivity index (χ1) is 13.1. The van der Waals surface area contributed by atoms with Crippen molar-refractivity contribution >= 4 is 5.91 Å². The number of benzene rings is 1. The van der Waals surface area contributed by atoms with Gasteiger partial charge in [-0.3, -0.25) is 9.78 Å². The zero-order valence-electron chi connectivity index (χ0n) is 15.0. The molecule has 2 atom stereocenters. The number of hydrogen-bond acceptors (Lipinski definition) is 5. The lowest BCUT2D eigenvalue weighted by molar-refractivity contribution is -0.274. The number of hydrogen-bond donors (Lipinski definition) is 1. The van der Waals surface area contributed by atoms with Crippen LogP contribution in [0.1, 0.15) is 41.5 Å². The fourth-order valence-corrected chi connectivity index (χ4v) is 3.65. The second kappa shape index (κ2) is 6.10. The minimum absolute atomic E-state index is 0.184. The Kier molecular flexibility index (Phi) is 4.04. The first-order valence-electron chi connectivity index (χ1n) is 8.58. The smallest absolute Gasteiger partial charge is 0.485 e. The Balaban J connectivity index is 1.79. The Morgan fingerprint density at radius 2 is 2.07 bits per heavy atom. The number of ether oxygens (including phenoxy) is 2. The number of rotatable bonds is 2. The topological polar surface area (TPSA) is 71.9 Å². The van der Waals surface area contributed by atoms with E-state index >= 15 is 0 Å². The highest BCUT2D eigenvalue weighted by Crippen LogP contribution is 2.46. The molecular weight excluding hydrogens is 377 g/mol. The van der Waals surface area contributed by atoms with Crippen LogP contribution in [0.2, 0.25) is 0 Å². The molecule has 9 heteroatoms. The normalized spacial score (nSPS) is 23.1. The van der Waals surface area contributed by atoms with Crippen LogP contribution in [0.15, 0.2) is 36.5 Å². The fraction of sp³-hybridized carbons (Fsp3) is 0.368. The third-order valence-electron chi connectivity index (χ3n) is 4.95. The Morgan fingerprint density at radius 1 is 1.32 bits per heavy atom. The highest BCUT2D eigenvalue weighted by Gasteiger charge is 2.49. The van der Waals surface area contributed by atoms with Crippen LogP contribution in [0.3, 0.4) is 0 Å². The van der Waals surface area contributed by atoms with Gasteiger partial charge in [-0.15, -0.1) is 13.2 Å². The lowest BCUT2D eigenvalue weighted by Gasteiger charge is -2.45. The van der Waals surface area contributed by atoms with Crippen LogP contribution in [0.5, 0.6) is 11.5 Å². The fourth-order valence-electron chi connectivity index (χ4n) is 3.65. The van der Waals surface area contributed by atoms with Crippen LogP contribution in [0.4, 0.5) is 13.2 Å². The molecule has 0 unspecified atom stereocenters. The van der Waals surface area contributed by atoms with E-state index in [-0.39, 0.29) is 23.6 Å². The quantitative estimate of drug-likeness (QED) is 0.847. The van der Waals surface area contributed by atoms with Gasteiger partial charge >= 0.3 is 6.36 Å². The standard InChI is InChI=1S/C19H17F3N2O4/c1-18(2)16(25)15(24-9-10-4-3-7-23-14(10)17(24)26)12-8-11(27-19(20,21)22)5-6-13(12)28-18/h3-8,15-16,25H,9H2,1-2H3/t15-,16+/m1/s1. The van der Waals surface area contributed by atoms with Crippen LogP contribution < -0.4 is 9.47 Å². The van der Waals surface area contributed by atoms with Crippen molar-refractivity contribution < 1.29 is 32.5 Å². The molecule has 0 radical (unpaired) electrons. The molecular formula is C19H17F3N2O4. The van der Waals surface area contributed by atoms with Crippen molar-refractivity contribution in [1.82, 2.24) is 9.88 Å². The third-order valence-corrected chi connectivity index (χ3v) is 4.95. The predicted octanol–water partition coefficient (Wildman–Crippen LogP) is 3.21. The predicted molar refractivity (Wildman–Crippen MR) is 90.7 cm³/mol. The summed E-state index contributed by atoms with van der Waals surface area (Å²) in [5, 5.41) is 10.9. The average Bonchev–Trinajstić information content (AvgIpc) is 2.92. The summed E-state index contributed by atoms with van der Waals surface area (Å²) < 4.78 is 47.7. The molecule has 0 aliphatic carbocycles. The summed E-state index contributed by atoms with van der Waals surface area (Å²) in [7, 11) is 0. The van der Waals surface area contributed by atoms with Gasteiger partial charge < -0.3 is 19.5 Å². The lowest BCUT2D eigenvalue weighted by atomic mass is 9.85. The maximum atomic E-state index is 12.9. The molecule has 2 aliphatic heterocycles. The van der Waals surface area contributed by atoms with Crippen LogP contribution >= 0.6 is 0 Å². The number of aliphatic hydroxyl groups excluding tert-OH is 1. The Labute approximate surface area is 158 Å². The third kappa shape index (κ3) is 3.05. The van der Waals surface area contributed by atoms with Crippen LogP contribution in [-0.2, 0) is 6.54 Å². The Bertz CT molecular complexity index is 945. The molecule has 0 fully saturated rings. The van der Waals surface area contributed by atoms with Crippen molar-refractivity contribution in [2.45, 2.75) is 44.5 Å². The Hall–Kier alpha value is -2.81. The molecule has 0 saturated carbocycles. The number of carbonyl (C=O) groups excluding carboxylic acids is 1. The number of fused-ring (bicyclic) bond motifs is 2. The maximum absolute atomic E-state index is 12.9. The molecule has 1 aromatic carbocycles. The zero-order valence-corrected chi connectivity index (χ0v) is 15.0. The number of alkyl halides is 3. The molecule has 0 spiro atoms. The van der Waals surface area contributed by atoms with Crippen molar-refractivity contribution in [3.8, 4) is 11.5 Å². The van der Waals surface area contributed by atoms with Gasteiger partial charge in [-0.25, -0.2) is 0 Å². The molecule has 1 aromatic heterocycles. The lowest BCUT2D eigenvalue weighted by Crippen LogP contribution is -2.53. The number of carbonyl (C=O) groups is 1. The van der Waals surface area contributed by atoms with Gasteiger partial charge in [0, 0.05) is 23.9 Å². The van der Waals surface area contributed by atoms with Crippen LogP contribution in [-0.4, -0.2) is 39.0 Å². The minimum Gasteiger partial charge on any atom is -0.485 e. The van der Waals surface area contributed by atoms with E-state index in [1.807, 2.05) is 0 Å². The van der Waals surface area contributed by atoms with Crippen LogP contribution in [0, 0.1) is 0 Å². The molecule has 3 heterocycles. The number of halogens is 3. The molecule has 1 amide bonds. The van der Waals surface area contributed by atoms with Gasteiger partial charge in [0.15, 0.2) is 0 Å². The second-order valence-corrected chi connectivity index (χ2v) is 7.29. The summed E-state index contributed by atoms with van der Waals surface area (Å²) in [6.45, 7) is 3.49. The highest BCUT2D eigenvalue weighted by atomic mass is 19.4. The largest absolute Gasteiger partial charge is 0.573 e. The molecule has 2 aromatic rings. The van der Waals surface area contributed by atoms with Crippen molar-refractivity contribution in [1.29, 1.82) is 0 Å². The molecule has 6 nitrogen and oxygen atoms in total. The molecule has 4 rings (SSSR count). The van der Waals surface area contributed by atoms with E-state index in [1.54, 1.807) is 26.0 Å². The van der Waals surface area contributed by atoms with E-state index in [0.717, 1.165) is 12.1 Å². The summed E-state index contributed by atoms with van der Waals surface area (Å²) in [6.07, 6.45) is -4.55. The highest BCUT2D eigenvalue weighted by molar-refractivity contribution is 5.96. The van der Waals surface area contributed by atoms with E-state index < -0.39 is 35.8 Å². The van der Waals surface area contributed by atoms with Crippen molar-refractivity contribution in [3.63, 3.8) is 0 Å². The number of nitrogens with zero attached hydrogens (tertiary/aromatic N) is 2. The van der Waals surface area contributed by atoms with Crippen molar-refractivity contribution in [2.75, 3.05) is 0 Å². The molecule has 1 N–H and O–H groups in total. The zero-order chi connectivity index (χ0) is 20.3. The molecule has 2 aliphatic rings. The first kappa shape index (κ1) is 18.5. The summed E-state index contributed by atoms with van der Waals surface area (Å²) in [5.74, 6) is -0.564. The van der Waals surface area contributed by atoms with Gasteiger partial charge in [0.1, 0.15) is 28.9 Å². The van der Waals surface area contributed by atoms with E-state index in [0.29, 0.717) is 5.56 Å². The molecule has 0 saturated heterocycles. The van der Waals surface area contributed by atoms with Gasteiger partial charge in [-0.1, -0.05) is 6.07 Å². The molecule has 28 heavy (non-hydrogen) atoms. The number of amides is 1. The van der Waals surface area contributed by atoms with Gasteiger partial charge in [-0.2, -0.15) is 0 Å². The first-order valence-corrected chi connectivity index (χ1v) is 8.58. The maximum Gasteiger partial charge on any atom is 0.573 e. The molecule has 148 valence electrons. The van der Waals surface area contributed by atoms with E-state index in [4.69, 9.17) is 4.74 Å². The van der Waals surface area contributed by atoms with Gasteiger partial charge in [0.25, 0.3) is 5.91 Å². The SMILES string of the molecule is CC1(C)Oc2ccc(OC(F)(F)F)cc2[C@@H](N2Cc3cccnc3C2=O)[C@@H]1O. The average molecular weight is 394 g/mol. The van der Waals surface area contributed by atoms with E-state index in [9.17, 15) is 23.1 Å². The van der Waals surface area contributed by atoms with Crippen molar-refractivity contribution in [2.24, 2.45) is 0 Å². The van der Waals surface area contributed by atoms with Crippen molar-refractivity contribution in [3.05, 3.63) is 53.3 Å². The summed E-state index contributed by atoms with van der Waals surface area (Å²) in [6, 6.07) is 6.17. The minimum atomic E-state index is -4.86. The number of aliphatic hydroxyl groups is 1. The van der Waals surface area contributed by atoms with E-state index in [1.165, 1.54) is 17.2 Å². The van der Waals surface area contributed by atoms with Crippen LogP contribution in [0.25, 0.3) is 0 Å². The second-order valence-electron chi connectivity index (χ2n) is 7.29. The van der Waals surface area contributed by atoms with Gasteiger partial charge in [0.2, 0.25) is 0 Å². The summed E-state index contributed by atoms with van der Waals surface area (Å²) in [5.41, 5.74) is 0.137.